The second kappa shape index (κ2) is 6.42. The molecule has 1 heterocycles. The zero-order chi connectivity index (χ0) is 12.8. The predicted molar refractivity (Wildman–Crippen MR) is 70.7 cm³/mol. The van der Waals surface area contributed by atoms with Crippen molar-refractivity contribution < 1.29 is 4.74 Å². The van der Waals surface area contributed by atoms with Gasteiger partial charge in [-0.25, -0.2) is 4.98 Å². The van der Waals surface area contributed by atoms with E-state index < -0.39 is 0 Å². The van der Waals surface area contributed by atoms with E-state index in [9.17, 15) is 0 Å². The molecule has 0 aliphatic heterocycles. The van der Waals surface area contributed by atoms with Crippen molar-refractivity contribution in [3.63, 3.8) is 0 Å². The molecule has 0 saturated carbocycles. The maximum atomic E-state index is 5.83. The molecule has 0 saturated heterocycles. The molecule has 4 nitrogen and oxygen atoms in total. The normalized spacial score (nSPS) is 12.3. The van der Waals surface area contributed by atoms with Crippen LogP contribution in [0.15, 0.2) is 0 Å². The number of nitrogens with one attached hydrogen (secondary N) is 1. The van der Waals surface area contributed by atoms with Gasteiger partial charge in [-0.15, -0.1) is 0 Å². The summed E-state index contributed by atoms with van der Waals surface area (Å²) in [6, 6.07) is 0. The van der Waals surface area contributed by atoms with Gasteiger partial charge in [0.2, 0.25) is 5.88 Å². The average Bonchev–Trinajstić information content (AvgIpc) is 2.33. The zero-order valence-corrected chi connectivity index (χ0v) is 11.5. The van der Waals surface area contributed by atoms with Crippen molar-refractivity contribution in [2.75, 3.05) is 12.4 Å². The Balaban J connectivity index is 3.04. The largest absolute Gasteiger partial charge is 0.474 e. The van der Waals surface area contributed by atoms with Crippen molar-refractivity contribution >= 4 is 5.82 Å². The summed E-state index contributed by atoms with van der Waals surface area (Å²) in [7, 11) is 1.87. The minimum atomic E-state index is 0.183. The Bertz CT molecular complexity index is 366. The van der Waals surface area contributed by atoms with Gasteiger partial charge >= 0.3 is 0 Å². The summed E-state index contributed by atoms with van der Waals surface area (Å²) in [4.78, 5) is 8.96. The minimum Gasteiger partial charge on any atom is -0.474 e. The van der Waals surface area contributed by atoms with Gasteiger partial charge in [-0.2, -0.15) is 4.98 Å². The first-order chi connectivity index (χ1) is 8.12. The quantitative estimate of drug-likeness (QED) is 0.826. The number of rotatable bonds is 6. The highest BCUT2D eigenvalue weighted by molar-refractivity contribution is 5.48. The van der Waals surface area contributed by atoms with E-state index in [1.54, 1.807) is 0 Å². The molecule has 1 aromatic heterocycles. The first-order valence-corrected chi connectivity index (χ1v) is 6.34. The fourth-order valence-corrected chi connectivity index (χ4v) is 1.51. The van der Waals surface area contributed by atoms with Crippen LogP contribution in [0.3, 0.4) is 0 Å². The molecule has 1 N–H and O–H groups in total. The van der Waals surface area contributed by atoms with Crippen LogP contribution in [0, 0.1) is 6.92 Å². The van der Waals surface area contributed by atoms with Gasteiger partial charge in [0.15, 0.2) is 0 Å². The number of aromatic nitrogens is 2. The topological polar surface area (TPSA) is 47.0 Å². The van der Waals surface area contributed by atoms with Crippen molar-refractivity contribution in [2.45, 2.75) is 53.1 Å². The van der Waals surface area contributed by atoms with Crippen LogP contribution < -0.4 is 10.1 Å². The Kier molecular flexibility index (Phi) is 5.19. The van der Waals surface area contributed by atoms with Crippen LogP contribution in [0.2, 0.25) is 0 Å². The Morgan fingerprint density at radius 1 is 1.29 bits per heavy atom. The number of nitrogens with zero attached hydrogens (tertiary/aromatic N) is 2. The third kappa shape index (κ3) is 3.58. The standard InChI is InChI=1S/C13H23N3O/c1-6-8-11-15-12(14-5)10(4)13(16-11)17-9(3)7-2/h9H,6-8H2,1-5H3,(H,14,15,16). The Labute approximate surface area is 104 Å². The number of hydrogen-bond donors (Lipinski definition) is 1. The van der Waals surface area contributed by atoms with E-state index in [1.165, 1.54) is 0 Å². The van der Waals surface area contributed by atoms with E-state index in [2.05, 4.69) is 36.1 Å². The van der Waals surface area contributed by atoms with Crippen LogP contribution in [0.4, 0.5) is 5.82 Å². The van der Waals surface area contributed by atoms with Crippen molar-refractivity contribution in [2.24, 2.45) is 0 Å². The van der Waals surface area contributed by atoms with Gasteiger partial charge in [-0.05, 0) is 26.7 Å². The molecule has 0 aliphatic carbocycles. The van der Waals surface area contributed by atoms with Gasteiger partial charge in [0.1, 0.15) is 11.6 Å². The highest BCUT2D eigenvalue weighted by Crippen LogP contribution is 2.23. The number of aryl methyl sites for hydroxylation is 1. The summed E-state index contributed by atoms with van der Waals surface area (Å²) in [6.07, 6.45) is 3.07. The summed E-state index contributed by atoms with van der Waals surface area (Å²) in [5.41, 5.74) is 0.979. The molecule has 0 fully saturated rings. The van der Waals surface area contributed by atoms with Crippen molar-refractivity contribution in [1.82, 2.24) is 9.97 Å². The Morgan fingerprint density at radius 2 is 2.00 bits per heavy atom. The average molecular weight is 237 g/mol. The van der Waals surface area contributed by atoms with E-state index in [-0.39, 0.29) is 6.10 Å². The molecular formula is C13H23N3O. The first-order valence-electron chi connectivity index (χ1n) is 6.34. The SMILES string of the molecule is CCCc1nc(NC)c(C)c(OC(C)CC)n1. The summed E-state index contributed by atoms with van der Waals surface area (Å²) >= 11 is 0. The lowest BCUT2D eigenvalue weighted by atomic mass is 10.2. The Morgan fingerprint density at radius 3 is 2.53 bits per heavy atom. The van der Waals surface area contributed by atoms with Gasteiger partial charge in [0, 0.05) is 13.5 Å². The van der Waals surface area contributed by atoms with Gasteiger partial charge in [-0.1, -0.05) is 13.8 Å². The molecule has 0 aromatic carbocycles. The minimum absolute atomic E-state index is 0.183. The molecule has 1 aromatic rings. The van der Waals surface area contributed by atoms with Gasteiger partial charge in [-0.3, -0.25) is 0 Å². The van der Waals surface area contributed by atoms with E-state index in [1.807, 2.05) is 14.0 Å². The summed E-state index contributed by atoms with van der Waals surface area (Å²) in [5, 5.41) is 3.09. The lowest BCUT2D eigenvalue weighted by Gasteiger charge is -2.16. The van der Waals surface area contributed by atoms with Crippen LogP contribution in [0.5, 0.6) is 5.88 Å². The summed E-state index contributed by atoms with van der Waals surface area (Å²) in [5.74, 6) is 2.42. The zero-order valence-electron chi connectivity index (χ0n) is 11.5. The van der Waals surface area contributed by atoms with E-state index in [4.69, 9.17) is 4.74 Å². The number of hydrogen-bond acceptors (Lipinski definition) is 4. The third-order valence-electron chi connectivity index (χ3n) is 2.75. The predicted octanol–water partition coefficient (Wildman–Crippen LogP) is 2.96. The lowest BCUT2D eigenvalue weighted by Crippen LogP contribution is -2.14. The molecule has 0 amide bonds. The van der Waals surface area contributed by atoms with Gasteiger partial charge in [0.05, 0.1) is 11.7 Å². The number of ether oxygens (including phenoxy) is 1. The highest BCUT2D eigenvalue weighted by atomic mass is 16.5. The second-order valence-electron chi connectivity index (χ2n) is 4.26. The summed E-state index contributed by atoms with van der Waals surface area (Å²) in [6.45, 7) is 8.27. The molecule has 96 valence electrons. The van der Waals surface area contributed by atoms with Crippen LogP contribution in [-0.2, 0) is 6.42 Å². The van der Waals surface area contributed by atoms with Crippen LogP contribution >= 0.6 is 0 Å². The molecule has 0 aliphatic rings. The maximum absolute atomic E-state index is 5.83. The molecular weight excluding hydrogens is 214 g/mol. The Hall–Kier alpha value is -1.32. The smallest absolute Gasteiger partial charge is 0.222 e. The van der Waals surface area contributed by atoms with E-state index >= 15 is 0 Å². The maximum Gasteiger partial charge on any atom is 0.222 e. The fourth-order valence-electron chi connectivity index (χ4n) is 1.51. The van der Waals surface area contributed by atoms with Gasteiger partial charge < -0.3 is 10.1 Å². The van der Waals surface area contributed by atoms with Gasteiger partial charge in [0.25, 0.3) is 0 Å². The first kappa shape index (κ1) is 13.7. The molecule has 1 unspecified atom stereocenters. The van der Waals surface area contributed by atoms with Crippen molar-refractivity contribution in [3.05, 3.63) is 11.4 Å². The van der Waals surface area contributed by atoms with E-state index in [0.717, 1.165) is 36.5 Å². The molecule has 17 heavy (non-hydrogen) atoms. The molecule has 4 heteroatoms. The highest BCUT2D eigenvalue weighted by Gasteiger charge is 2.12. The lowest BCUT2D eigenvalue weighted by molar-refractivity contribution is 0.206. The molecule has 0 bridgehead atoms. The monoisotopic (exact) mass is 237 g/mol. The fraction of sp³-hybridized carbons (Fsp3) is 0.692. The van der Waals surface area contributed by atoms with Crippen molar-refractivity contribution in [1.29, 1.82) is 0 Å². The molecule has 1 rings (SSSR count). The van der Waals surface area contributed by atoms with Crippen LogP contribution in [0.25, 0.3) is 0 Å². The molecule has 0 radical (unpaired) electrons. The van der Waals surface area contributed by atoms with E-state index in [0.29, 0.717) is 5.88 Å². The van der Waals surface area contributed by atoms with Crippen molar-refractivity contribution in [3.8, 4) is 5.88 Å². The van der Waals surface area contributed by atoms with Crippen LogP contribution in [-0.4, -0.2) is 23.1 Å². The summed E-state index contributed by atoms with van der Waals surface area (Å²) < 4.78 is 5.83. The second-order valence-corrected chi connectivity index (χ2v) is 4.26. The van der Waals surface area contributed by atoms with Crippen LogP contribution in [0.1, 0.15) is 45.0 Å². The number of anilines is 1. The molecule has 1 atom stereocenters. The third-order valence-corrected chi connectivity index (χ3v) is 2.75. The molecule has 0 spiro atoms.